The monoisotopic (exact) mass is 295 g/mol. The lowest BCUT2D eigenvalue weighted by Gasteiger charge is -2.19. The van der Waals surface area contributed by atoms with Crippen LogP contribution in [0.4, 0.5) is 0 Å². The predicted octanol–water partition coefficient (Wildman–Crippen LogP) is 3.06. The molecule has 1 aromatic rings. The summed E-state index contributed by atoms with van der Waals surface area (Å²) in [5, 5.41) is 14.2. The number of carbonyl (C=O) groups is 2. The van der Waals surface area contributed by atoms with Crippen LogP contribution in [-0.2, 0) is 9.59 Å². The summed E-state index contributed by atoms with van der Waals surface area (Å²) in [6, 6.07) is 3.87. The first-order valence-corrected chi connectivity index (χ1v) is 7.97. The number of aliphatic carboxylic acids is 1. The molecule has 110 valence electrons. The second-order valence-electron chi connectivity index (χ2n) is 5.54. The zero-order valence-electron chi connectivity index (χ0n) is 11.8. The summed E-state index contributed by atoms with van der Waals surface area (Å²) in [7, 11) is 0. The number of thiophene rings is 1. The van der Waals surface area contributed by atoms with Gasteiger partial charge in [0, 0.05) is 4.88 Å². The van der Waals surface area contributed by atoms with Gasteiger partial charge in [0.05, 0.1) is 17.9 Å². The smallest absolute Gasteiger partial charge is 0.307 e. The molecule has 1 aromatic heterocycles. The molecule has 1 heterocycles. The summed E-state index contributed by atoms with van der Waals surface area (Å²) >= 11 is 1.60. The van der Waals surface area contributed by atoms with E-state index >= 15 is 0 Å². The predicted molar refractivity (Wildman–Crippen MR) is 78.5 cm³/mol. The van der Waals surface area contributed by atoms with Crippen LogP contribution in [0.5, 0.6) is 0 Å². The van der Waals surface area contributed by atoms with Crippen LogP contribution in [0.2, 0.25) is 0 Å². The van der Waals surface area contributed by atoms with E-state index in [-0.39, 0.29) is 17.9 Å². The Balaban J connectivity index is 2.02. The molecule has 1 aliphatic carbocycles. The van der Waals surface area contributed by atoms with E-state index in [0.717, 1.165) is 11.3 Å². The van der Waals surface area contributed by atoms with Gasteiger partial charge in [0.1, 0.15) is 0 Å². The molecule has 0 aromatic carbocycles. The molecule has 2 unspecified atom stereocenters. The van der Waals surface area contributed by atoms with Crippen molar-refractivity contribution in [2.45, 2.75) is 39.2 Å². The summed E-state index contributed by atoms with van der Waals surface area (Å²) in [6.07, 6.45) is 2.25. The lowest BCUT2D eigenvalue weighted by molar-refractivity contribution is -0.146. The summed E-state index contributed by atoms with van der Waals surface area (Å²) < 4.78 is 0. The lowest BCUT2D eigenvalue weighted by Crippen LogP contribution is -2.36. The number of rotatable bonds is 5. The molecule has 4 atom stereocenters. The Labute approximate surface area is 123 Å². The van der Waals surface area contributed by atoms with Crippen LogP contribution in [0.25, 0.3) is 0 Å². The average molecular weight is 295 g/mol. The minimum absolute atomic E-state index is 0.0578. The zero-order valence-corrected chi connectivity index (χ0v) is 12.7. The van der Waals surface area contributed by atoms with E-state index in [1.54, 1.807) is 11.3 Å². The molecule has 1 fully saturated rings. The number of carbonyl (C=O) groups excluding carboxylic acids is 1. The minimum atomic E-state index is -0.843. The minimum Gasteiger partial charge on any atom is -0.481 e. The fourth-order valence-electron chi connectivity index (χ4n) is 2.97. The second kappa shape index (κ2) is 6.39. The average Bonchev–Trinajstić information content (AvgIpc) is 3.07. The highest BCUT2D eigenvalue weighted by Crippen LogP contribution is 2.38. The molecular weight excluding hydrogens is 274 g/mol. The maximum absolute atomic E-state index is 12.4. The number of carboxylic acids is 1. The second-order valence-corrected chi connectivity index (χ2v) is 6.52. The van der Waals surface area contributed by atoms with Crippen molar-refractivity contribution >= 4 is 23.2 Å². The van der Waals surface area contributed by atoms with E-state index in [4.69, 9.17) is 0 Å². The largest absolute Gasteiger partial charge is 0.481 e. The maximum Gasteiger partial charge on any atom is 0.307 e. The van der Waals surface area contributed by atoms with Gasteiger partial charge in [-0.1, -0.05) is 19.4 Å². The van der Waals surface area contributed by atoms with Gasteiger partial charge in [0.2, 0.25) is 5.91 Å². The first-order valence-electron chi connectivity index (χ1n) is 7.09. The lowest BCUT2D eigenvalue weighted by atomic mass is 9.95. The van der Waals surface area contributed by atoms with E-state index in [1.807, 2.05) is 24.4 Å². The van der Waals surface area contributed by atoms with Gasteiger partial charge >= 0.3 is 5.97 Å². The van der Waals surface area contributed by atoms with E-state index < -0.39 is 11.9 Å². The third-order valence-electron chi connectivity index (χ3n) is 4.22. The van der Waals surface area contributed by atoms with Crippen molar-refractivity contribution in [3.05, 3.63) is 22.4 Å². The molecule has 0 radical (unpaired) electrons. The Kier molecular flexibility index (Phi) is 4.81. The molecule has 0 bridgehead atoms. The van der Waals surface area contributed by atoms with Crippen LogP contribution in [0.1, 0.15) is 44.0 Å². The van der Waals surface area contributed by atoms with E-state index in [2.05, 4.69) is 12.2 Å². The number of hydrogen-bond acceptors (Lipinski definition) is 3. The van der Waals surface area contributed by atoms with Crippen LogP contribution < -0.4 is 5.32 Å². The maximum atomic E-state index is 12.4. The molecule has 20 heavy (non-hydrogen) atoms. The third-order valence-corrected chi connectivity index (χ3v) is 5.28. The van der Waals surface area contributed by atoms with Crippen molar-refractivity contribution < 1.29 is 14.7 Å². The summed E-state index contributed by atoms with van der Waals surface area (Å²) in [5.41, 5.74) is 0. The highest BCUT2D eigenvalue weighted by Gasteiger charge is 2.42. The molecule has 0 spiro atoms. The quantitative estimate of drug-likeness (QED) is 0.877. The first-order chi connectivity index (χ1) is 9.52. The van der Waals surface area contributed by atoms with Gasteiger partial charge in [-0.2, -0.15) is 0 Å². The third kappa shape index (κ3) is 3.20. The van der Waals surface area contributed by atoms with Crippen LogP contribution in [0.15, 0.2) is 17.5 Å². The van der Waals surface area contributed by atoms with Gasteiger partial charge in [-0.15, -0.1) is 11.3 Å². The van der Waals surface area contributed by atoms with Crippen molar-refractivity contribution in [2.24, 2.45) is 17.8 Å². The van der Waals surface area contributed by atoms with Gasteiger partial charge in [0.25, 0.3) is 0 Å². The van der Waals surface area contributed by atoms with Crippen LogP contribution >= 0.6 is 11.3 Å². The molecule has 1 saturated carbocycles. The SMILES string of the molecule is CCC1C[C@H](C(=O)NC(C)c2cccs2)[C@H](C(=O)O)C1. The van der Waals surface area contributed by atoms with E-state index in [9.17, 15) is 14.7 Å². The van der Waals surface area contributed by atoms with Crippen molar-refractivity contribution in [2.75, 3.05) is 0 Å². The molecule has 2 N–H and O–H groups in total. The number of hydrogen-bond donors (Lipinski definition) is 2. The van der Waals surface area contributed by atoms with Gasteiger partial charge in [-0.3, -0.25) is 9.59 Å². The van der Waals surface area contributed by atoms with Crippen LogP contribution in [0.3, 0.4) is 0 Å². The summed E-state index contributed by atoms with van der Waals surface area (Å²) in [5.74, 6) is -1.53. The Hall–Kier alpha value is -1.36. The van der Waals surface area contributed by atoms with Gasteiger partial charge in [-0.25, -0.2) is 0 Å². The van der Waals surface area contributed by atoms with E-state index in [1.165, 1.54) is 0 Å². The fraction of sp³-hybridized carbons (Fsp3) is 0.600. The molecule has 0 aliphatic heterocycles. The Morgan fingerprint density at radius 3 is 2.70 bits per heavy atom. The standard InChI is InChI=1S/C15H21NO3S/c1-3-10-7-11(12(8-10)15(18)19)14(17)16-9(2)13-5-4-6-20-13/h4-6,9-12H,3,7-8H2,1-2H3,(H,16,17)(H,18,19)/t9?,10?,11-,12+/m0/s1. The molecule has 1 amide bonds. The van der Waals surface area contributed by atoms with Gasteiger partial charge in [-0.05, 0) is 37.1 Å². The van der Waals surface area contributed by atoms with Gasteiger partial charge in [0.15, 0.2) is 0 Å². The summed E-state index contributed by atoms with van der Waals surface area (Å²) in [6.45, 7) is 3.99. The molecule has 0 saturated heterocycles. The molecule has 4 nitrogen and oxygen atoms in total. The fourth-order valence-corrected chi connectivity index (χ4v) is 3.70. The first kappa shape index (κ1) is 15.0. The normalized spacial score (nSPS) is 27.2. The van der Waals surface area contributed by atoms with Gasteiger partial charge < -0.3 is 10.4 Å². The Morgan fingerprint density at radius 2 is 2.15 bits per heavy atom. The molecule has 1 aliphatic rings. The van der Waals surface area contributed by atoms with Crippen molar-refractivity contribution in [1.82, 2.24) is 5.32 Å². The summed E-state index contributed by atoms with van der Waals surface area (Å²) in [4.78, 5) is 24.8. The van der Waals surface area contributed by atoms with Crippen LogP contribution in [-0.4, -0.2) is 17.0 Å². The Morgan fingerprint density at radius 1 is 1.45 bits per heavy atom. The van der Waals surface area contributed by atoms with Crippen LogP contribution in [0, 0.1) is 17.8 Å². The highest BCUT2D eigenvalue weighted by molar-refractivity contribution is 7.10. The number of nitrogens with one attached hydrogen (secondary N) is 1. The molecular formula is C15H21NO3S. The number of amides is 1. The van der Waals surface area contributed by atoms with Crippen molar-refractivity contribution in [3.63, 3.8) is 0 Å². The molecule has 2 rings (SSSR count). The van der Waals surface area contributed by atoms with E-state index in [0.29, 0.717) is 18.8 Å². The highest BCUT2D eigenvalue weighted by atomic mass is 32.1. The number of carboxylic acid groups (broad SMARTS) is 1. The van der Waals surface area contributed by atoms with Crippen molar-refractivity contribution in [1.29, 1.82) is 0 Å². The molecule has 5 heteroatoms. The topological polar surface area (TPSA) is 66.4 Å². The Bertz CT molecular complexity index is 471. The zero-order chi connectivity index (χ0) is 14.7. The van der Waals surface area contributed by atoms with Crippen molar-refractivity contribution in [3.8, 4) is 0 Å².